The summed E-state index contributed by atoms with van der Waals surface area (Å²) in [6, 6.07) is 19.5. The van der Waals surface area contributed by atoms with Crippen LogP contribution in [0.4, 0.5) is 0 Å². The number of hydrogen-bond donors (Lipinski definition) is 0. The number of thiazole rings is 1. The zero-order valence-electron chi connectivity index (χ0n) is 23.2. The molecule has 0 saturated carbocycles. The highest BCUT2D eigenvalue weighted by Crippen LogP contribution is 2.32. The lowest BCUT2D eigenvalue weighted by Gasteiger charge is -2.24. The number of ether oxygens (including phenoxy) is 3. The number of rotatable bonds is 9. The van der Waals surface area contributed by atoms with Crippen molar-refractivity contribution < 1.29 is 19.0 Å². The van der Waals surface area contributed by atoms with E-state index in [4.69, 9.17) is 37.4 Å². The molecule has 0 bridgehead atoms. The first-order chi connectivity index (χ1) is 20.3. The molecular weight excluding hydrogens is 595 g/mol. The quantitative estimate of drug-likeness (QED) is 0.211. The Morgan fingerprint density at radius 2 is 1.76 bits per heavy atom. The number of carbonyl (C=O) groups excluding carboxylic acids is 1. The van der Waals surface area contributed by atoms with E-state index in [9.17, 15) is 9.59 Å². The van der Waals surface area contributed by atoms with Crippen LogP contribution in [0.1, 0.15) is 43.5 Å². The molecule has 1 aliphatic rings. The number of nitrogens with zero attached hydrogens (tertiary/aromatic N) is 2. The Kier molecular flexibility index (Phi) is 9.16. The molecule has 0 amide bonds. The van der Waals surface area contributed by atoms with Crippen LogP contribution >= 0.6 is 34.5 Å². The van der Waals surface area contributed by atoms with Crippen molar-refractivity contribution in [3.8, 4) is 11.5 Å². The molecule has 42 heavy (non-hydrogen) atoms. The molecule has 0 fully saturated rings. The van der Waals surface area contributed by atoms with Crippen molar-refractivity contribution in [3.63, 3.8) is 0 Å². The Morgan fingerprint density at radius 3 is 2.48 bits per heavy atom. The third kappa shape index (κ3) is 6.31. The van der Waals surface area contributed by atoms with Crippen LogP contribution in [0.2, 0.25) is 10.0 Å². The van der Waals surface area contributed by atoms with E-state index in [-0.39, 0.29) is 12.2 Å². The van der Waals surface area contributed by atoms with Gasteiger partial charge in [0.25, 0.3) is 5.56 Å². The maximum Gasteiger partial charge on any atom is 0.338 e. The van der Waals surface area contributed by atoms with Gasteiger partial charge in [-0.2, -0.15) is 0 Å². The monoisotopic (exact) mass is 622 g/mol. The topological polar surface area (TPSA) is 79.1 Å². The maximum atomic E-state index is 13.9. The van der Waals surface area contributed by atoms with Gasteiger partial charge in [-0.3, -0.25) is 9.36 Å². The molecule has 5 rings (SSSR count). The molecule has 0 unspecified atom stereocenters. The van der Waals surface area contributed by atoms with Gasteiger partial charge in [-0.25, -0.2) is 9.79 Å². The summed E-state index contributed by atoms with van der Waals surface area (Å²) in [4.78, 5) is 32.1. The average molecular weight is 624 g/mol. The fourth-order valence-corrected chi connectivity index (χ4v) is 6.03. The number of esters is 1. The van der Waals surface area contributed by atoms with Gasteiger partial charge < -0.3 is 14.2 Å². The first kappa shape index (κ1) is 29.6. The predicted octanol–water partition coefficient (Wildman–Crippen LogP) is 6.08. The first-order valence-electron chi connectivity index (χ1n) is 13.4. The van der Waals surface area contributed by atoms with E-state index in [1.165, 1.54) is 11.3 Å². The Bertz CT molecular complexity index is 1840. The van der Waals surface area contributed by atoms with Gasteiger partial charge in [-0.1, -0.05) is 64.9 Å². The van der Waals surface area contributed by atoms with E-state index in [2.05, 4.69) is 4.99 Å². The summed E-state index contributed by atoms with van der Waals surface area (Å²) in [6.07, 6.45) is 1.80. The summed E-state index contributed by atoms with van der Waals surface area (Å²) in [5.41, 5.74) is 3.00. The third-order valence-electron chi connectivity index (χ3n) is 6.57. The maximum absolute atomic E-state index is 13.9. The van der Waals surface area contributed by atoms with E-state index >= 15 is 0 Å². The molecule has 1 aliphatic heterocycles. The minimum absolute atomic E-state index is 0.208. The van der Waals surface area contributed by atoms with Crippen molar-refractivity contribution in [2.45, 2.75) is 33.4 Å². The molecule has 0 spiro atoms. The first-order valence-corrected chi connectivity index (χ1v) is 15.0. The van der Waals surface area contributed by atoms with Crippen LogP contribution in [0.15, 0.2) is 87.8 Å². The van der Waals surface area contributed by atoms with Crippen molar-refractivity contribution in [2.24, 2.45) is 4.99 Å². The zero-order chi connectivity index (χ0) is 29.8. The van der Waals surface area contributed by atoms with Gasteiger partial charge in [-0.05, 0) is 79.9 Å². The highest BCUT2D eigenvalue weighted by molar-refractivity contribution is 7.07. The number of hydrogen-bond acceptors (Lipinski definition) is 7. The van der Waals surface area contributed by atoms with Crippen LogP contribution in [-0.2, 0) is 16.1 Å². The van der Waals surface area contributed by atoms with Gasteiger partial charge in [0.05, 0.1) is 45.1 Å². The number of carbonyl (C=O) groups is 1. The van der Waals surface area contributed by atoms with Crippen LogP contribution < -0.4 is 24.4 Å². The van der Waals surface area contributed by atoms with E-state index in [0.29, 0.717) is 55.4 Å². The highest BCUT2D eigenvalue weighted by Gasteiger charge is 2.33. The highest BCUT2D eigenvalue weighted by atomic mass is 35.5. The molecule has 10 heteroatoms. The lowest BCUT2D eigenvalue weighted by atomic mass is 9.96. The molecule has 7 nitrogen and oxygen atoms in total. The summed E-state index contributed by atoms with van der Waals surface area (Å²) < 4.78 is 19.0. The summed E-state index contributed by atoms with van der Waals surface area (Å²) >= 11 is 13.4. The number of halogens is 2. The molecule has 216 valence electrons. The largest absolute Gasteiger partial charge is 0.494 e. The predicted molar refractivity (Wildman–Crippen MR) is 165 cm³/mol. The summed E-state index contributed by atoms with van der Waals surface area (Å²) in [5.74, 6) is 0.836. The fraction of sp³-hybridized carbons (Fsp3) is 0.219. The lowest BCUT2D eigenvalue weighted by molar-refractivity contribution is -0.139. The summed E-state index contributed by atoms with van der Waals surface area (Å²) in [5, 5.41) is 0.949. The lowest BCUT2D eigenvalue weighted by Crippen LogP contribution is -2.39. The van der Waals surface area contributed by atoms with Crippen LogP contribution in [0.5, 0.6) is 11.5 Å². The second-order valence-corrected chi connectivity index (χ2v) is 11.2. The molecule has 2 heterocycles. The molecule has 1 atom stereocenters. The Labute approximate surface area is 256 Å². The van der Waals surface area contributed by atoms with Crippen molar-refractivity contribution in [3.05, 3.63) is 124 Å². The van der Waals surface area contributed by atoms with Crippen molar-refractivity contribution in [1.29, 1.82) is 0 Å². The van der Waals surface area contributed by atoms with Gasteiger partial charge in [0.15, 0.2) is 4.80 Å². The standard InChI is InChI=1S/C32H28Cl2N2O5S/c1-4-39-23-12-10-22(11-13-23)29-28(31(38)40-5-2)19(3)35-32-36(29)30(37)27(42-32)17-20-7-6-8-24(15-20)41-18-21-9-14-25(33)26(34)16-21/h6-17,29H,4-5,18H2,1-3H3/b27-17+/t29-/m1/s1. The minimum Gasteiger partial charge on any atom is -0.494 e. The molecular formula is C32H28Cl2N2O5S. The number of benzene rings is 3. The SMILES string of the molecule is CCOC(=O)C1=C(C)N=c2s/c(=C/c3cccc(OCc4ccc(Cl)c(Cl)c4)c3)c(=O)n2[C@@H]1c1ccc(OCC)cc1. The zero-order valence-corrected chi connectivity index (χ0v) is 25.6. The third-order valence-corrected chi connectivity index (χ3v) is 8.29. The van der Waals surface area contributed by atoms with Crippen LogP contribution in [0.3, 0.4) is 0 Å². The van der Waals surface area contributed by atoms with Crippen molar-refractivity contribution >= 4 is 46.6 Å². The normalized spacial score (nSPS) is 14.8. The smallest absolute Gasteiger partial charge is 0.338 e. The van der Waals surface area contributed by atoms with Crippen molar-refractivity contribution in [2.75, 3.05) is 13.2 Å². The summed E-state index contributed by atoms with van der Waals surface area (Å²) in [7, 11) is 0. The van der Waals surface area contributed by atoms with E-state index in [1.807, 2.05) is 61.5 Å². The molecule has 0 aliphatic carbocycles. The van der Waals surface area contributed by atoms with E-state index < -0.39 is 12.0 Å². The Morgan fingerprint density at radius 1 is 0.976 bits per heavy atom. The molecule has 0 saturated heterocycles. The van der Waals surface area contributed by atoms with Gasteiger partial charge in [0, 0.05) is 0 Å². The van der Waals surface area contributed by atoms with Crippen LogP contribution in [-0.4, -0.2) is 23.8 Å². The van der Waals surface area contributed by atoms with Gasteiger partial charge in [0.2, 0.25) is 0 Å². The number of fused-ring (bicyclic) bond motifs is 1. The number of allylic oxidation sites excluding steroid dienone is 1. The number of aromatic nitrogens is 1. The average Bonchev–Trinajstić information content (AvgIpc) is 3.27. The summed E-state index contributed by atoms with van der Waals surface area (Å²) in [6.45, 7) is 6.47. The minimum atomic E-state index is -0.695. The van der Waals surface area contributed by atoms with Crippen LogP contribution in [0, 0.1) is 0 Å². The van der Waals surface area contributed by atoms with Crippen molar-refractivity contribution in [1.82, 2.24) is 4.57 Å². The van der Waals surface area contributed by atoms with Crippen LogP contribution in [0.25, 0.3) is 6.08 Å². The second kappa shape index (κ2) is 13.0. The van der Waals surface area contributed by atoms with Gasteiger partial charge in [-0.15, -0.1) is 0 Å². The molecule has 3 aromatic carbocycles. The Hall–Kier alpha value is -3.85. The molecule has 0 radical (unpaired) electrons. The van der Waals surface area contributed by atoms with E-state index in [0.717, 1.165) is 16.7 Å². The van der Waals surface area contributed by atoms with Gasteiger partial charge >= 0.3 is 5.97 Å². The second-order valence-electron chi connectivity index (χ2n) is 9.41. The fourth-order valence-electron chi connectivity index (χ4n) is 4.66. The van der Waals surface area contributed by atoms with Gasteiger partial charge in [0.1, 0.15) is 18.1 Å². The molecule has 1 aromatic heterocycles. The molecule has 0 N–H and O–H groups in total. The Balaban J connectivity index is 1.52. The molecule has 4 aromatic rings. The van der Waals surface area contributed by atoms with E-state index in [1.54, 1.807) is 36.6 Å².